The fourth-order valence-corrected chi connectivity index (χ4v) is 6.53. The quantitative estimate of drug-likeness (QED) is 0.246. The Morgan fingerprint density at radius 1 is 0.635 bits per heavy atom. The Bertz CT molecular complexity index is 1990. The maximum atomic E-state index is 13.2. The second kappa shape index (κ2) is 16.9. The molecule has 0 saturated carbocycles. The first kappa shape index (κ1) is 38.0. The van der Waals surface area contributed by atoms with Crippen molar-refractivity contribution >= 4 is 11.8 Å². The predicted octanol–water partition coefficient (Wildman–Crippen LogP) is 4.10. The third-order valence-electron chi connectivity index (χ3n) is 9.15. The Morgan fingerprint density at radius 3 is 1.42 bits per heavy atom. The molecule has 12 nitrogen and oxygen atoms in total. The largest absolute Gasteiger partial charge is 0.483 e. The number of nitrogens with two attached hydrogens (primary N) is 1. The highest BCUT2D eigenvalue weighted by Crippen LogP contribution is 2.26. The molecule has 0 aliphatic carbocycles. The summed E-state index contributed by atoms with van der Waals surface area (Å²) in [4.78, 5) is 57.0. The number of hydrogen-bond donors (Lipinski definition) is 1. The molecular weight excluding hydrogens is 660 g/mol. The highest BCUT2D eigenvalue weighted by atomic mass is 16.5. The van der Waals surface area contributed by atoms with Crippen LogP contribution in [0.4, 0.5) is 0 Å². The Kier molecular flexibility index (Phi) is 12.3. The van der Waals surface area contributed by atoms with Gasteiger partial charge in [0, 0.05) is 74.9 Å². The number of ether oxygens (including phenoxy) is 2. The van der Waals surface area contributed by atoms with Gasteiger partial charge in [-0.05, 0) is 52.9 Å². The first-order valence-electron chi connectivity index (χ1n) is 17.7. The number of aromatic nitrogens is 2. The van der Waals surface area contributed by atoms with E-state index < -0.39 is 0 Å². The fraction of sp³-hybridized carbons (Fsp3) is 0.400. The van der Waals surface area contributed by atoms with Gasteiger partial charge in [-0.2, -0.15) is 0 Å². The second-order valence-corrected chi connectivity index (χ2v) is 13.8. The Labute approximate surface area is 305 Å². The number of carbonyl (C=O) groups excluding carboxylic acids is 2. The Hall–Kier alpha value is -5.20. The molecule has 2 N–H and O–H groups in total. The lowest BCUT2D eigenvalue weighted by atomic mass is 10.1. The molecule has 0 atom stereocenters. The van der Waals surface area contributed by atoms with Crippen molar-refractivity contribution in [3.8, 4) is 11.5 Å². The minimum absolute atomic E-state index is 0.0554. The summed E-state index contributed by atoms with van der Waals surface area (Å²) >= 11 is 0. The molecule has 276 valence electrons. The van der Waals surface area contributed by atoms with Crippen LogP contribution in [0.15, 0.2) is 82.4 Å². The minimum Gasteiger partial charge on any atom is -0.483 e. The molecule has 0 fully saturated rings. The average Bonchev–Trinajstić information content (AvgIpc) is 3.12. The van der Waals surface area contributed by atoms with E-state index in [9.17, 15) is 19.2 Å². The van der Waals surface area contributed by atoms with E-state index in [1.807, 2.05) is 116 Å². The lowest BCUT2D eigenvalue weighted by Gasteiger charge is -2.35. The van der Waals surface area contributed by atoms with Crippen LogP contribution in [-0.4, -0.2) is 74.9 Å². The molecule has 4 aromatic rings. The SMILES string of the molecule is CC(C)N1CCn2c(CN(C)C)cc(=O)c(OCc3ccccc3)c2C1=O.CC(C)N1CCn2c(CN)cc(=O)c(OCc3ccccc3)c2C1=O. The van der Waals surface area contributed by atoms with Crippen LogP contribution >= 0.6 is 0 Å². The first-order chi connectivity index (χ1) is 24.9. The lowest BCUT2D eigenvalue weighted by Crippen LogP contribution is -2.46. The number of nitrogens with zero attached hydrogens (tertiary/aromatic N) is 5. The van der Waals surface area contributed by atoms with Crippen molar-refractivity contribution in [2.45, 2.75) is 79.2 Å². The van der Waals surface area contributed by atoms with Crippen molar-refractivity contribution < 1.29 is 19.1 Å². The van der Waals surface area contributed by atoms with Crippen LogP contribution in [0.2, 0.25) is 0 Å². The molecule has 2 aromatic heterocycles. The lowest BCUT2D eigenvalue weighted by molar-refractivity contribution is 0.0627. The van der Waals surface area contributed by atoms with Crippen molar-refractivity contribution in [2.75, 3.05) is 27.2 Å². The molecule has 2 aliphatic rings. The maximum absolute atomic E-state index is 13.2. The average molecular weight is 711 g/mol. The number of carbonyl (C=O) groups is 2. The molecule has 2 amide bonds. The summed E-state index contributed by atoms with van der Waals surface area (Å²) in [5, 5.41) is 0. The standard InChI is InChI=1S/C21H27N3O3.C19H23N3O3/c1-15(2)23-10-11-24-17(13-22(3)4)12-18(25)20(19(24)21(23)26)27-14-16-8-6-5-7-9-16;1-13(2)21-8-9-22-15(11-20)10-16(23)18(17(22)19(21)24)25-12-14-6-4-3-5-7-14/h5-9,12,15H,10-11,13-14H2,1-4H3;3-7,10,13H,8-9,11-12,20H2,1-2H3. The van der Waals surface area contributed by atoms with E-state index in [0.717, 1.165) is 16.8 Å². The molecule has 2 aliphatic heterocycles. The number of fused-ring (bicyclic) bond motifs is 2. The summed E-state index contributed by atoms with van der Waals surface area (Å²) in [5.74, 6) is -0.0677. The summed E-state index contributed by atoms with van der Waals surface area (Å²) in [6.07, 6.45) is 0. The van der Waals surface area contributed by atoms with E-state index in [2.05, 4.69) is 0 Å². The van der Waals surface area contributed by atoms with Gasteiger partial charge in [0.2, 0.25) is 10.9 Å². The topological polar surface area (TPSA) is 132 Å². The van der Waals surface area contributed by atoms with Gasteiger partial charge >= 0.3 is 0 Å². The normalized spacial score (nSPS) is 14.0. The van der Waals surface area contributed by atoms with E-state index in [0.29, 0.717) is 49.8 Å². The molecule has 0 radical (unpaired) electrons. The predicted molar refractivity (Wildman–Crippen MR) is 201 cm³/mol. The molecule has 0 unspecified atom stereocenters. The highest BCUT2D eigenvalue weighted by molar-refractivity contribution is 5.96. The number of rotatable bonds is 11. The molecular formula is C40H50N6O6. The van der Waals surface area contributed by atoms with Crippen molar-refractivity contribution in [1.29, 1.82) is 0 Å². The van der Waals surface area contributed by atoms with Gasteiger partial charge < -0.3 is 39.0 Å². The number of hydrogen-bond acceptors (Lipinski definition) is 8. The number of benzene rings is 2. The van der Waals surface area contributed by atoms with Crippen molar-refractivity contribution in [2.24, 2.45) is 5.73 Å². The van der Waals surface area contributed by atoms with Crippen LogP contribution < -0.4 is 26.1 Å². The second-order valence-electron chi connectivity index (χ2n) is 13.8. The molecule has 12 heteroatoms. The van der Waals surface area contributed by atoms with Gasteiger partial charge in [-0.1, -0.05) is 60.7 Å². The number of pyridine rings is 2. The van der Waals surface area contributed by atoms with Gasteiger partial charge in [-0.3, -0.25) is 19.2 Å². The third kappa shape index (κ3) is 8.46. The van der Waals surface area contributed by atoms with Crippen LogP contribution in [-0.2, 0) is 39.4 Å². The van der Waals surface area contributed by atoms with Crippen LogP contribution in [0.25, 0.3) is 0 Å². The molecule has 0 spiro atoms. The molecule has 0 bridgehead atoms. The number of amides is 2. The van der Waals surface area contributed by atoms with Crippen molar-refractivity contribution in [1.82, 2.24) is 23.8 Å². The van der Waals surface area contributed by atoms with Gasteiger partial charge in [0.15, 0.2) is 22.9 Å². The van der Waals surface area contributed by atoms with Crippen LogP contribution in [0.3, 0.4) is 0 Å². The van der Waals surface area contributed by atoms with Gasteiger partial charge in [0.1, 0.15) is 13.2 Å². The maximum Gasteiger partial charge on any atom is 0.274 e. The van der Waals surface area contributed by atoms with Crippen molar-refractivity contribution in [3.05, 3.63) is 127 Å². The minimum atomic E-state index is -0.304. The van der Waals surface area contributed by atoms with Gasteiger partial charge in [-0.15, -0.1) is 0 Å². The van der Waals surface area contributed by atoms with E-state index in [-0.39, 0.29) is 66.0 Å². The fourth-order valence-electron chi connectivity index (χ4n) is 6.53. The van der Waals surface area contributed by atoms with Crippen LogP contribution in [0.5, 0.6) is 11.5 Å². The zero-order valence-corrected chi connectivity index (χ0v) is 31.0. The molecule has 0 saturated heterocycles. The summed E-state index contributed by atoms with van der Waals surface area (Å²) in [6, 6.07) is 22.4. The van der Waals surface area contributed by atoms with E-state index in [4.69, 9.17) is 15.2 Å². The monoisotopic (exact) mass is 710 g/mol. The summed E-state index contributed by atoms with van der Waals surface area (Å²) in [5.41, 5.74) is 9.29. The van der Waals surface area contributed by atoms with Gasteiger partial charge in [0.25, 0.3) is 11.8 Å². The zero-order chi connectivity index (χ0) is 37.5. The van der Waals surface area contributed by atoms with Gasteiger partial charge in [0.05, 0.1) is 0 Å². The molecule has 2 aromatic carbocycles. The first-order valence-corrected chi connectivity index (χ1v) is 17.7. The molecule has 6 rings (SSSR count). The third-order valence-corrected chi connectivity index (χ3v) is 9.15. The van der Waals surface area contributed by atoms with Gasteiger partial charge in [-0.25, -0.2) is 0 Å². The summed E-state index contributed by atoms with van der Waals surface area (Å²) in [7, 11) is 3.89. The summed E-state index contributed by atoms with van der Waals surface area (Å²) in [6.45, 7) is 11.7. The molecule has 4 heterocycles. The Balaban J connectivity index is 0.000000202. The van der Waals surface area contributed by atoms with Crippen molar-refractivity contribution in [3.63, 3.8) is 0 Å². The van der Waals surface area contributed by atoms with E-state index in [1.165, 1.54) is 6.07 Å². The summed E-state index contributed by atoms with van der Waals surface area (Å²) < 4.78 is 15.5. The molecule has 52 heavy (non-hydrogen) atoms. The highest BCUT2D eigenvalue weighted by Gasteiger charge is 2.33. The smallest absolute Gasteiger partial charge is 0.274 e. The van der Waals surface area contributed by atoms with E-state index >= 15 is 0 Å². The van der Waals surface area contributed by atoms with E-state index in [1.54, 1.807) is 15.9 Å². The zero-order valence-electron chi connectivity index (χ0n) is 31.0. The van der Waals surface area contributed by atoms with Crippen LogP contribution in [0.1, 0.15) is 71.2 Å². The Morgan fingerprint density at radius 2 is 1.04 bits per heavy atom. The van der Waals surface area contributed by atoms with Crippen LogP contribution in [0, 0.1) is 0 Å².